The maximum Gasteiger partial charge on any atom is 0.233 e. The Labute approximate surface area is 97.0 Å². The molecule has 1 amide bonds. The van der Waals surface area contributed by atoms with Crippen LogP contribution in [0.1, 0.15) is 26.2 Å². The van der Waals surface area contributed by atoms with Crippen molar-refractivity contribution < 1.29 is 4.79 Å². The van der Waals surface area contributed by atoms with Gasteiger partial charge < -0.3 is 5.32 Å². The first kappa shape index (κ1) is 12.8. The minimum Gasteiger partial charge on any atom is -0.358 e. The summed E-state index contributed by atoms with van der Waals surface area (Å²) in [5.41, 5.74) is 0. The number of hydrogen-bond donors (Lipinski definition) is 1. The molecule has 1 saturated heterocycles. The number of nitrogens with one attached hydrogen (secondary N) is 1. The molecule has 1 atom stereocenters. The Morgan fingerprint density at radius 2 is 2.33 bits per heavy atom. The predicted octanol–water partition coefficient (Wildman–Crippen LogP) is 1.34. The van der Waals surface area contributed by atoms with Gasteiger partial charge in [0.05, 0.1) is 6.54 Å². The molecule has 1 aliphatic heterocycles. The molecule has 1 unspecified atom stereocenters. The number of hydrogen-bond acceptors (Lipinski definition) is 3. The minimum absolute atomic E-state index is 0.136. The van der Waals surface area contributed by atoms with Gasteiger partial charge >= 0.3 is 0 Å². The van der Waals surface area contributed by atoms with E-state index in [-0.39, 0.29) is 5.91 Å². The van der Waals surface area contributed by atoms with Crippen molar-refractivity contribution in [1.29, 1.82) is 0 Å². The summed E-state index contributed by atoms with van der Waals surface area (Å²) in [4.78, 5) is 13.6. The van der Waals surface area contributed by atoms with Crippen LogP contribution in [0.2, 0.25) is 0 Å². The van der Waals surface area contributed by atoms with Crippen LogP contribution in [0.5, 0.6) is 0 Å². The predicted molar refractivity (Wildman–Crippen MR) is 66.3 cm³/mol. The third-order valence-electron chi connectivity index (χ3n) is 2.76. The Hall–Kier alpha value is -0.220. The molecule has 1 N–H and O–H groups in total. The van der Waals surface area contributed by atoms with E-state index in [0.717, 1.165) is 18.3 Å². The average Bonchev–Trinajstić information content (AvgIpc) is 2.44. The number of carbonyl (C=O) groups is 1. The third kappa shape index (κ3) is 4.89. The molecule has 0 radical (unpaired) electrons. The van der Waals surface area contributed by atoms with Crippen LogP contribution in [0.15, 0.2) is 0 Å². The molecule has 0 aromatic carbocycles. The van der Waals surface area contributed by atoms with Gasteiger partial charge in [0.25, 0.3) is 0 Å². The van der Waals surface area contributed by atoms with E-state index < -0.39 is 0 Å². The second kappa shape index (κ2) is 7.12. The van der Waals surface area contributed by atoms with Crippen LogP contribution in [0, 0.1) is 0 Å². The lowest BCUT2D eigenvalue weighted by atomic mass is 10.2. The molecule has 0 bridgehead atoms. The van der Waals surface area contributed by atoms with E-state index in [1.54, 1.807) is 7.05 Å². The van der Waals surface area contributed by atoms with Crippen molar-refractivity contribution in [1.82, 2.24) is 10.2 Å². The molecular weight excluding hydrogens is 208 g/mol. The van der Waals surface area contributed by atoms with E-state index in [0.29, 0.717) is 6.54 Å². The summed E-state index contributed by atoms with van der Waals surface area (Å²) in [7, 11) is 1.71. The van der Waals surface area contributed by atoms with Gasteiger partial charge in [-0.3, -0.25) is 9.69 Å². The van der Waals surface area contributed by atoms with Crippen molar-refractivity contribution in [2.45, 2.75) is 31.4 Å². The van der Waals surface area contributed by atoms with Crippen LogP contribution >= 0.6 is 11.8 Å². The third-order valence-corrected chi connectivity index (χ3v) is 3.95. The molecule has 0 spiro atoms. The highest BCUT2D eigenvalue weighted by atomic mass is 32.2. The zero-order valence-corrected chi connectivity index (χ0v) is 10.6. The number of amides is 1. The Morgan fingerprint density at radius 3 is 3.00 bits per heavy atom. The topological polar surface area (TPSA) is 32.3 Å². The number of rotatable bonds is 4. The second-order valence-corrected chi connectivity index (χ2v) is 5.56. The van der Waals surface area contributed by atoms with Crippen molar-refractivity contribution in [3.63, 3.8) is 0 Å². The van der Waals surface area contributed by atoms with Crippen LogP contribution in [-0.4, -0.2) is 48.5 Å². The summed E-state index contributed by atoms with van der Waals surface area (Å²) in [6.07, 6.45) is 3.85. The van der Waals surface area contributed by atoms with Gasteiger partial charge in [-0.2, -0.15) is 11.8 Å². The van der Waals surface area contributed by atoms with E-state index in [2.05, 4.69) is 17.1 Å². The van der Waals surface area contributed by atoms with Crippen molar-refractivity contribution in [2.75, 3.05) is 32.4 Å². The first-order valence-corrected chi connectivity index (χ1v) is 6.85. The number of carbonyl (C=O) groups excluding carboxylic acids is 1. The fourth-order valence-corrected chi connectivity index (χ4v) is 3.10. The normalized spacial score (nSPS) is 23.5. The number of nitrogens with zero attached hydrogens (tertiary/aromatic N) is 1. The number of likely N-dealkylation sites (N-methyl/N-ethyl adjacent to an activating group) is 1. The van der Waals surface area contributed by atoms with Crippen LogP contribution in [0.25, 0.3) is 0 Å². The van der Waals surface area contributed by atoms with Crippen LogP contribution in [-0.2, 0) is 4.79 Å². The Bertz CT molecular complexity index is 199. The summed E-state index contributed by atoms with van der Waals surface area (Å²) in [5, 5.41) is 3.42. The summed E-state index contributed by atoms with van der Waals surface area (Å²) >= 11 is 2.03. The monoisotopic (exact) mass is 230 g/mol. The molecule has 15 heavy (non-hydrogen) atoms. The van der Waals surface area contributed by atoms with Gasteiger partial charge in [0.2, 0.25) is 5.91 Å². The molecule has 3 nitrogen and oxygen atoms in total. The quantitative estimate of drug-likeness (QED) is 0.791. The van der Waals surface area contributed by atoms with E-state index in [1.807, 2.05) is 11.8 Å². The highest BCUT2D eigenvalue weighted by Crippen LogP contribution is 2.21. The summed E-state index contributed by atoms with van der Waals surface area (Å²) in [6.45, 7) is 4.93. The highest BCUT2D eigenvalue weighted by molar-refractivity contribution is 7.99. The number of likely N-dealkylation sites (tertiary alicyclic amines) is 1. The average molecular weight is 230 g/mol. The summed E-state index contributed by atoms with van der Waals surface area (Å²) in [5.74, 6) is 1.32. The van der Waals surface area contributed by atoms with E-state index in [1.165, 1.54) is 25.0 Å². The fourth-order valence-electron chi connectivity index (χ4n) is 1.98. The van der Waals surface area contributed by atoms with Crippen LogP contribution in [0.4, 0.5) is 0 Å². The fraction of sp³-hybridized carbons (Fsp3) is 0.909. The maximum absolute atomic E-state index is 11.3. The molecule has 0 aromatic rings. The van der Waals surface area contributed by atoms with E-state index >= 15 is 0 Å². The Morgan fingerprint density at radius 1 is 1.53 bits per heavy atom. The lowest BCUT2D eigenvalue weighted by molar-refractivity contribution is -0.121. The summed E-state index contributed by atoms with van der Waals surface area (Å²) < 4.78 is 0. The van der Waals surface area contributed by atoms with Gasteiger partial charge in [0.15, 0.2) is 0 Å². The van der Waals surface area contributed by atoms with Crippen LogP contribution < -0.4 is 5.32 Å². The Balaban J connectivity index is 2.38. The SMILES string of the molecule is CCSC1CCCCN(CC(=O)NC)C1. The molecule has 4 heteroatoms. The largest absolute Gasteiger partial charge is 0.358 e. The molecule has 0 aromatic heterocycles. The van der Waals surface area contributed by atoms with Gasteiger partial charge in [-0.15, -0.1) is 0 Å². The zero-order valence-electron chi connectivity index (χ0n) is 9.79. The molecule has 1 rings (SSSR count). The van der Waals surface area contributed by atoms with Gasteiger partial charge in [0.1, 0.15) is 0 Å². The van der Waals surface area contributed by atoms with E-state index in [4.69, 9.17) is 0 Å². The van der Waals surface area contributed by atoms with Crippen molar-refractivity contribution >= 4 is 17.7 Å². The maximum atomic E-state index is 11.3. The summed E-state index contributed by atoms with van der Waals surface area (Å²) in [6, 6.07) is 0. The molecule has 1 aliphatic rings. The lowest BCUT2D eigenvalue weighted by Crippen LogP contribution is -2.38. The molecule has 0 saturated carbocycles. The molecule has 0 aliphatic carbocycles. The molecule has 88 valence electrons. The first-order chi connectivity index (χ1) is 7.26. The lowest BCUT2D eigenvalue weighted by Gasteiger charge is -2.22. The smallest absolute Gasteiger partial charge is 0.233 e. The van der Waals surface area contributed by atoms with Crippen molar-refractivity contribution in [3.8, 4) is 0 Å². The molecule has 1 heterocycles. The van der Waals surface area contributed by atoms with Crippen molar-refractivity contribution in [2.24, 2.45) is 0 Å². The zero-order chi connectivity index (χ0) is 11.1. The second-order valence-electron chi connectivity index (χ2n) is 3.98. The van der Waals surface area contributed by atoms with E-state index in [9.17, 15) is 4.79 Å². The van der Waals surface area contributed by atoms with Gasteiger partial charge in [0, 0.05) is 18.8 Å². The van der Waals surface area contributed by atoms with Crippen LogP contribution in [0.3, 0.4) is 0 Å². The standard InChI is InChI=1S/C11H22N2OS/c1-3-15-10-6-4-5-7-13(8-10)9-11(14)12-2/h10H,3-9H2,1-2H3,(H,12,14). The van der Waals surface area contributed by atoms with Gasteiger partial charge in [-0.1, -0.05) is 13.3 Å². The van der Waals surface area contributed by atoms with Gasteiger partial charge in [-0.05, 0) is 25.1 Å². The first-order valence-electron chi connectivity index (χ1n) is 5.80. The molecular formula is C11H22N2OS. The van der Waals surface area contributed by atoms with Gasteiger partial charge in [-0.25, -0.2) is 0 Å². The minimum atomic E-state index is 0.136. The number of thioether (sulfide) groups is 1. The molecule has 1 fully saturated rings. The highest BCUT2D eigenvalue weighted by Gasteiger charge is 2.19. The van der Waals surface area contributed by atoms with Crippen molar-refractivity contribution in [3.05, 3.63) is 0 Å². The Kier molecular flexibility index (Phi) is 6.10.